The number of nitrogens with zero attached hydrogens (tertiary/aromatic N) is 1. The summed E-state index contributed by atoms with van der Waals surface area (Å²) >= 11 is 6.41. The minimum Gasteiger partial charge on any atom is -0.490 e. The standard InChI is InChI=1S/C35H43ClN2O7S/c1-3-27-8-4-5-9-31(45-22(2)34(40)41)28-13-10-25(28)19-38-20-35(16-6-7-23-17-26(36)12-14-29(23)35)21-44-32-15-11-24(18-30(32)38)33(39)37-46(27,42)43/h5,9,11-12,14-15,17-18,22,25,27-28,31H,3-4,6-8,10,13,16,19-21H2,1-2H3,(H,37,39)(H,40,41)/b9-5+/t22-,25+,27-,28-,31+,35+/m1/s1. The third-order valence-corrected chi connectivity index (χ3v) is 12.6. The van der Waals surface area contributed by atoms with Gasteiger partial charge < -0.3 is 19.5 Å². The summed E-state index contributed by atoms with van der Waals surface area (Å²) < 4.78 is 41.7. The highest BCUT2D eigenvalue weighted by atomic mass is 35.5. The Hall–Kier alpha value is -3.08. The van der Waals surface area contributed by atoms with Crippen molar-refractivity contribution in [2.45, 2.75) is 88.1 Å². The molecule has 2 heterocycles. The zero-order valence-corrected chi connectivity index (χ0v) is 28.0. The fourth-order valence-electron chi connectivity index (χ4n) is 7.74. The Balaban J connectivity index is 1.42. The number of nitrogens with one attached hydrogen (secondary N) is 1. The first kappa shape index (κ1) is 32.8. The Morgan fingerprint density at radius 3 is 2.78 bits per heavy atom. The number of halogens is 1. The minimum atomic E-state index is -3.95. The van der Waals surface area contributed by atoms with Gasteiger partial charge in [0.2, 0.25) is 10.0 Å². The van der Waals surface area contributed by atoms with Crippen LogP contribution < -0.4 is 14.4 Å². The van der Waals surface area contributed by atoms with Crippen LogP contribution in [0.4, 0.5) is 5.69 Å². The van der Waals surface area contributed by atoms with E-state index in [-0.39, 0.29) is 22.8 Å². The normalized spacial score (nSPS) is 30.4. The van der Waals surface area contributed by atoms with Gasteiger partial charge in [-0.15, -0.1) is 0 Å². The number of fused-ring (bicyclic) bond motifs is 4. The molecule has 6 atom stereocenters. The highest BCUT2D eigenvalue weighted by Crippen LogP contribution is 2.47. The molecule has 11 heteroatoms. The largest absolute Gasteiger partial charge is 0.490 e. The summed E-state index contributed by atoms with van der Waals surface area (Å²) in [6.45, 7) is 5.10. The molecule has 2 aliphatic heterocycles. The van der Waals surface area contributed by atoms with Crippen molar-refractivity contribution in [1.82, 2.24) is 4.72 Å². The molecule has 4 aliphatic rings. The van der Waals surface area contributed by atoms with E-state index >= 15 is 0 Å². The number of allylic oxidation sites excluding steroid dienone is 1. The Bertz CT molecular complexity index is 1630. The van der Waals surface area contributed by atoms with Crippen LogP contribution in [0, 0.1) is 11.8 Å². The van der Waals surface area contributed by atoms with Crippen molar-refractivity contribution >= 4 is 39.2 Å². The van der Waals surface area contributed by atoms with Crippen LogP contribution in [0.1, 0.15) is 80.3 Å². The monoisotopic (exact) mass is 670 g/mol. The maximum absolute atomic E-state index is 13.4. The molecule has 1 amide bonds. The number of benzene rings is 2. The quantitative estimate of drug-likeness (QED) is 0.387. The lowest BCUT2D eigenvalue weighted by Crippen LogP contribution is -2.50. The predicted molar refractivity (Wildman–Crippen MR) is 177 cm³/mol. The second-order valence-corrected chi connectivity index (χ2v) is 15.8. The maximum atomic E-state index is 13.4. The molecule has 248 valence electrons. The SMILES string of the molecule is CC[C@@H]1CC/C=C/[C@H](O[C@H](C)C(=O)O)[C@@H]2CC[C@H]2CN2C[C@@]3(CCCc4cc(Cl)ccc43)COc3ccc(cc32)C(=O)NS1(=O)=O. The molecule has 2 aromatic carbocycles. The summed E-state index contributed by atoms with van der Waals surface area (Å²) in [7, 11) is -3.95. The number of hydrogen-bond acceptors (Lipinski definition) is 7. The first-order chi connectivity index (χ1) is 22.0. The Kier molecular flexibility index (Phi) is 9.43. The van der Waals surface area contributed by atoms with Crippen molar-refractivity contribution in [2.75, 3.05) is 24.6 Å². The topological polar surface area (TPSA) is 122 Å². The van der Waals surface area contributed by atoms with Crippen LogP contribution in [-0.4, -0.2) is 62.6 Å². The fourth-order valence-corrected chi connectivity index (χ4v) is 9.36. The second kappa shape index (κ2) is 13.2. The molecule has 2 aromatic rings. The number of sulfonamides is 1. The zero-order valence-electron chi connectivity index (χ0n) is 26.4. The lowest BCUT2D eigenvalue weighted by molar-refractivity contribution is -0.155. The van der Waals surface area contributed by atoms with E-state index in [1.165, 1.54) is 11.1 Å². The zero-order chi connectivity index (χ0) is 32.6. The van der Waals surface area contributed by atoms with Gasteiger partial charge in [-0.1, -0.05) is 36.7 Å². The molecule has 9 nitrogen and oxygen atoms in total. The molecule has 1 fully saturated rings. The number of aliphatic carboxylic acids is 1. The van der Waals surface area contributed by atoms with Crippen LogP contribution in [0.5, 0.6) is 5.75 Å². The van der Waals surface area contributed by atoms with Crippen LogP contribution in [0.25, 0.3) is 0 Å². The van der Waals surface area contributed by atoms with Crippen LogP contribution in [-0.2, 0) is 31.4 Å². The van der Waals surface area contributed by atoms with Gasteiger partial charge in [0.15, 0.2) is 6.10 Å². The van der Waals surface area contributed by atoms with Crippen molar-refractivity contribution in [3.63, 3.8) is 0 Å². The third-order valence-electron chi connectivity index (χ3n) is 10.5. The molecule has 2 bridgehead atoms. The molecule has 0 radical (unpaired) electrons. The van der Waals surface area contributed by atoms with Crippen LogP contribution >= 0.6 is 11.6 Å². The number of hydrogen-bond donors (Lipinski definition) is 2. The van der Waals surface area contributed by atoms with Crippen LogP contribution in [0.15, 0.2) is 48.6 Å². The molecule has 1 saturated carbocycles. The van der Waals surface area contributed by atoms with Gasteiger partial charge in [-0.05, 0) is 112 Å². The minimum absolute atomic E-state index is 0.0872. The molecule has 46 heavy (non-hydrogen) atoms. The fraction of sp³-hybridized carbons (Fsp3) is 0.543. The Morgan fingerprint density at radius 1 is 1.22 bits per heavy atom. The molecular weight excluding hydrogens is 628 g/mol. The maximum Gasteiger partial charge on any atom is 0.332 e. The van der Waals surface area contributed by atoms with E-state index in [2.05, 4.69) is 21.8 Å². The number of carbonyl (C=O) groups is 2. The highest BCUT2D eigenvalue weighted by Gasteiger charge is 2.45. The van der Waals surface area contributed by atoms with Crippen molar-refractivity contribution in [3.05, 3.63) is 70.3 Å². The van der Waals surface area contributed by atoms with Gasteiger partial charge in [-0.25, -0.2) is 17.9 Å². The first-order valence-electron chi connectivity index (χ1n) is 16.4. The Morgan fingerprint density at radius 2 is 2.04 bits per heavy atom. The van der Waals surface area contributed by atoms with E-state index in [0.29, 0.717) is 49.7 Å². The van der Waals surface area contributed by atoms with Gasteiger partial charge in [0, 0.05) is 29.1 Å². The number of carboxylic acid groups (broad SMARTS) is 1. The second-order valence-electron chi connectivity index (χ2n) is 13.4. The third kappa shape index (κ3) is 6.53. The predicted octanol–water partition coefficient (Wildman–Crippen LogP) is 5.89. The van der Waals surface area contributed by atoms with Crippen LogP contribution in [0.2, 0.25) is 5.02 Å². The van der Waals surface area contributed by atoms with Crippen molar-refractivity contribution < 1.29 is 32.6 Å². The van der Waals surface area contributed by atoms with Gasteiger partial charge >= 0.3 is 5.97 Å². The highest BCUT2D eigenvalue weighted by molar-refractivity contribution is 7.90. The van der Waals surface area contributed by atoms with Gasteiger partial charge in [0.05, 0.1) is 23.6 Å². The number of ether oxygens (including phenoxy) is 2. The van der Waals surface area contributed by atoms with E-state index < -0.39 is 39.4 Å². The number of carbonyl (C=O) groups excluding carboxylic acids is 1. The molecule has 0 saturated heterocycles. The molecule has 2 aliphatic carbocycles. The van der Waals surface area contributed by atoms with E-state index in [9.17, 15) is 23.1 Å². The van der Waals surface area contributed by atoms with Crippen molar-refractivity contribution in [2.24, 2.45) is 11.8 Å². The molecule has 6 rings (SSSR count). The first-order valence-corrected chi connectivity index (χ1v) is 18.3. The van der Waals surface area contributed by atoms with E-state index in [4.69, 9.17) is 21.1 Å². The molecule has 1 spiro atoms. The van der Waals surface area contributed by atoms with Crippen LogP contribution in [0.3, 0.4) is 0 Å². The van der Waals surface area contributed by atoms with Crippen molar-refractivity contribution in [3.8, 4) is 5.75 Å². The lowest BCUT2D eigenvalue weighted by atomic mass is 9.68. The lowest BCUT2D eigenvalue weighted by Gasteiger charge is -2.46. The number of rotatable bonds is 4. The Labute approximate surface area is 276 Å². The number of aryl methyl sites for hydroxylation is 1. The van der Waals surface area contributed by atoms with Gasteiger partial charge in [-0.2, -0.15) is 0 Å². The molecule has 0 unspecified atom stereocenters. The molecule has 2 N–H and O–H groups in total. The van der Waals surface area contributed by atoms with E-state index in [1.54, 1.807) is 32.0 Å². The number of anilines is 1. The van der Waals surface area contributed by atoms with E-state index in [1.807, 2.05) is 18.2 Å². The smallest absolute Gasteiger partial charge is 0.332 e. The van der Waals surface area contributed by atoms with E-state index in [0.717, 1.165) is 37.8 Å². The molecule has 0 aromatic heterocycles. The number of carboxylic acids is 1. The summed E-state index contributed by atoms with van der Waals surface area (Å²) in [5.74, 6) is -0.732. The average Bonchev–Trinajstić information content (AvgIpc) is 3.15. The average molecular weight is 671 g/mol. The summed E-state index contributed by atoms with van der Waals surface area (Å²) in [6, 6.07) is 11.3. The van der Waals surface area contributed by atoms with Gasteiger partial charge in [0.1, 0.15) is 5.75 Å². The summed E-state index contributed by atoms with van der Waals surface area (Å²) in [5.41, 5.74) is 3.14. The number of amides is 1. The van der Waals surface area contributed by atoms with Gasteiger partial charge in [-0.3, -0.25) is 4.79 Å². The summed E-state index contributed by atoms with van der Waals surface area (Å²) in [5, 5.41) is 9.60. The summed E-state index contributed by atoms with van der Waals surface area (Å²) in [4.78, 5) is 27.5. The molecular formula is C35H43ClN2O7S. The van der Waals surface area contributed by atoms with Gasteiger partial charge in [0.25, 0.3) is 5.91 Å². The van der Waals surface area contributed by atoms with Crippen molar-refractivity contribution in [1.29, 1.82) is 0 Å². The summed E-state index contributed by atoms with van der Waals surface area (Å²) in [6.07, 6.45) is 8.26.